The molecule has 0 aliphatic carbocycles. The van der Waals surface area contributed by atoms with E-state index in [1.165, 1.54) is 10.8 Å². The quantitative estimate of drug-likeness (QED) is 0.800. The van der Waals surface area contributed by atoms with Gasteiger partial charge in [0.25, 0.3) is 0 Å². The molecule has 0 heterocycles. The molecule has 0 spiro atoms. The van der Waals surface area contributed by atoms with Crippen molar-refractivity contribution in [1.82, 2.24) is 0 Å². The van der Waals surface area contributed by atoms with Crippen molar-refractivity contribution in [2.75, 3.05) is 11.9 Å². The van der Waals surface area contributed by atoms with Gasteiger partial charge in [-0.1, -0.05) is 30.3 Å². The van der Waals surface area contributed by atoms with Crippen LogP contribution in [-0.4, -0.2) is 17.8 Å². The van der Waals surface area contributed by atoms with Gasteiger partial charge in [0.1, 0.15) is 0 Å². The molecule has 0 radical (unpaired) electrons. The minimum atomic E-state index is -0.323. The van der Waals surface area contributed by atoms with Gasteiger partial charge in [-0.15, -0.1) is 0 Å². The summed E-state index contributed by atoms with van der Waals surface area (Å²) >= 11 is 0. The monoisotopic (exact) mass is 201 g/mol. The van der Waals surface area contributed by atoms with E-state index in [0.717, 1.165) is 5.69 Å². The maximum Gasteiger partial charge on any atom is 0.0684 e. The molecule has 0 amide bonds. The Hall–Kier alpha value is -1.54. The van der Waals surface area contributed by atoms with Gasteiger partial charge >= 0.3 is 0 Å². The van der Waals surface area contributed by atoms with Crippen molar-refractivity contribution in [3.63, 3.8) is 0 Å². The van der Waals surface area contributed by atoms with E-state index in [1.54, 1.807) is 6.92 Å². The molecule has 0 bridgehead atoms. The predicted octanol–water partition coefficient (Wildman–Crippen LogP) is 2.63. The summed E-state index contributed by atoms with van der Waals surface area (Å²) < 4.78 is 0. The van der Waals surface area contributed by atoms with E-state index in [-0.39, 0.29) is 6.10 Å². The van der Waals surface area contributed by atoms with Gasteiger partial charge in [0, 0.05) is 12.2 Å². The minimum absolute atomic E-state index is 0.323. The van der Waals surface area contributed by atoms with Crippen molar-refractivity contribution in [2.45, 2.75) is 13.0 Å². The van der Waals surface area contributed by atoms with Gasteiger partial charge in [0.05, 0.1) is 6.10 Å². The largest absolute Gasteiger partial charge is 0.392 e. The van der Waals surface area contributed by atoms with Crippen molar-refractivity contribution in [1.29, 1.82) is 0 Å². The van der Waals surface area contributed by atoms with Crippen LogP contribution in [0, 0.1) is 0 Å². The zero-order chi connectivity index (χ0) is 10.7. The zero-order valence-corrected chi connectivity index (χ0v) is 8.77. The summed E-state index contributed by atoms with van der Waals surface area (Å²) in [4.78, 5) is 0. The number of hydrogen-bond acceptors (Lipinski definition) is 2. The van der Waals surface area contributed by atoms with Crippen LogP contribution in [0.2, 0.25) is 0 Å². The summed E-state index contributed by atoms with van der Waals surface area (Å²) in [6.45, 7) is 2.35. The average molecular weight is 201 g/mol. The topological polar surface area (TPSA) is 32.3 Å². The van der Waals surface area contributed by atoms with E-state index < -0.39 is 0 Å². The van der Waals surface area contributed by atoms with Crippen molar-refractivity contribution < 1.29 is 5.11 Å². The van der Waals surface area contributed by atoms with Gasteiger partial charge < -0.3 is 10.4 Å². The second kappa shape index (κ2) is 4.32. The lowest BCUT2D eigenvalue weighted by atomic mass is 10.1. The van der Waals surface area contributed by atoms with E-state index in [9.17, 15) is 0 Å². The second-order valence-electron chi connectivity index (χ2n) is 3.79. The first kappa shape index (κ1) is 9.99. The Morgan fingerprint density at radius 3 is 2.60 bits per heavy atom. The molecule has 2 heteroatoms. The van der Waals surface area contributed by atoms with Gasteiger partial charge in [-0.05, 0) is 29.8 Å². The van der Waals surface area contributed by atoms with Crippen LogP contribution in [0.5, 0.6) is 0 Å². The van der Waals surface area contributed by atoms with Gasteiger partial charge in [0.15, 0.2) is 0 Å². The van der Waals surface area contributed by atoms with Crippen LogP contribution >= 0.6 is 0 Å². The number of aliphatic hydroxyl groups excluding tert-OH is 1. The fraction of sp³-hybridized carbons (Fsp3) is 0.231. The number of nitrogens with one attached hydrogen (secondary N) is 1. The molecule has 2 nitrogen and oxygen atoms in total. The van der Waals surface area contributed by atoms with E-state index in [4.69, 9.17) is 5.11 Å². The predicted molar refractivity (Wildman–Crippen MR) is 64.1 cm³/mol. The summed E-state index contributed by atoms with van der Waals surface area (Å²) in [6, 6.07) is 14.4. The highest BCUT2D eigenvalue weighted by Crippen LogP contribution is 2.18. The lowest BCUT2D eigenvalue weighted by Gasteiger charge is -2.09. The molecule has 0 aromatic heterocycles. The molecule has 0 unspecified atom stereocenters. The maximum atomic E-state index is 9.16. The molecule has 2 rings (SSSR count). The molecule has 0 saturated carbocycles. The molecular formula is C13H15NO. The van der Waals surface area contributed by atoms with Crippen LogP contribution in [-0.2, 0) is 0 Å². The zero-order valence-electron chi connectivity index (χ0n) is 8.77. The molecule has 2 aromatic carbocycles. The summed E-state index contributed by atoms with van der Waals surface area (Å²) in [5, 5.41) is 14.8. The first-order valence-electron chi connectivity index (χ1n) is 5.16. The molecule has 78 valence electrons. The van der Waals surface area contributed by atoms with E-state index in [1.807, 2.05) is 18.2 Å². The van der Waals surface area contributed by atoms with E-state index >= 15 is 0 Å². The van der Waals surface area contributed by atoms with Crippen LogP contribution in [0.3, 0.4) is 0 Å². The fourth-order valence-corrected chi connectivity index (χ4v) is 1.56. The van der Waals surface area contributed by atoms with Gasteiger partial charge in [0.2, 0.25) is 0 Å². The Bertz CT molecular complexity index is 451. The summed E-state index contributed by atoms with van der Waals surface area (Å²) in [5.74, 6) is 0. The van der Waals surface area contributed by atoms with Gasteiger partial charge in [-0.2, -0.15) is 0 Å². The number of fused-ring (bicyclic) bond motifs is 1. The second-order valence-corrected chi connectivity index (χ2v) is 3.79. The molecule has 0 aliphatic heterocycles. The summed E-state index contributed by atoms with van der Waals surface area (Å²) in [5.41, 5.74) is 1.05. The molecule has 0 saturated heterocycles. The van der Waals surface area contributed by atoms with Crippen molar-refractivity contribution in [2.24, 2.45) is 0 Å². The number of rotatable bonds is 3. The SMILES string of the molecule is C[C@@H](O)CNc1ccc2ccccc2c1. The Morgan fingerprint density at radius 2 is 1.87 bits per heavy atom. The smallest absolute Gasteiger partial charge is 0.0684 e. The third-order valence-corrected chi connectivity index (χ3v) is 2.35. The lowest BCUT2D eigenvalue weighted by Crippen LogP contribution is -2.15. The third-order valence-electron chi connectivity index (χ3n) is 2.35. The Balaban J connectivity index is 2.23. The van der Waals surface area contributed by atoms with Crippen LogP contribution in [0.25, 0.3) is 10.8 Å². The third kappa shape index (κ3) is 2.48. The van der Waals surface area contributed by atoms with Crippen molar-refractivity contribution in [3.8, 4) is 0 Å². The Kier molecular flexibility index (Phi) is 2.88. The standard InChI is InChI=1S/C13H15NO/c1-10(15)9-14-13-7-6-11-4-2-3-5-12(11)8-13/h2-8,10,14-15H,9H2,1H3/t10-/m1/s1. The van der Waals surface area contributed by atoms with Crippen LogP contribution < -0.4 is 5.32 Å². The number of hydrogen-bond donors (Lipinski definition) is 2. The fourth-order valence-electron chi connectivity index (χ4n) is 1.56. The molecule has 0 aliphatic rings. The van der Waals surface area contributed by atoms with Crippen LogP contribution in [0.15, 0.2) is 42.5 Å². The van der Waals surface area contributed by atoms with E-state index in [0.29, 0.717) is 6.54 Å². The summed E-state index contributed by atoms with van der Waals surface area (Å²) in [7, 11) is 0. The van der Waals surface area contributed by atoms with Gasteiger partial charge in [-0.25, -0.2) is 0 Å². The van der Waals surface area contributed by atoms with Crippen LogP contribution in [0.1, 0.15) is 6.92 Å². The molecule has 0 fully saturated rings. The highest BCUT2D eigenvalue weighted by Gasteiger charge is 1.97. The average Bonchev–Trinajstić information content (AvgIpc) is 2.26. The molecule has 2 N–H and O–H groups in total. The van der Waals surface area contributed by atoms with E-state index in [2.05, 4.69) is 29.6 Å². The Morgan fingerprint density at radius 1 is 1.13 bits per heavy atom. The number of benzene rings is 2. The minimum Gasteiger partial charge on any atom is -0.392 e. The van der Waals surface area contributed by atoms with Crippen molar-refractivity contribution in [3.05, 3.63) is 42.5 Å². The van der Waals surface area contributed by atoms with Gasteiger partial charge in [-0.3, -0.25) is 0 Å². The molecule has 15 heavy (non-hydrogen) atoms. The molecule has 1 atom stereocenters. The van der Waals surface area contributed by atoms with Crippen LogP contribution in [0.4, 0.5) is 5.69 Å². The number of anilines is 1. The first-order valence-corrected chi connectivity index (χ1v) is 5.16. The number of aliphatic hydroxyl groups is 1. The summed E-state index contributed by atoms with van der Waals surface area (Å²) in [6.07, 6.45) is -0.323. The normalized spacial score (nSPS) is 12.7. The first-order chi connectivity index (χ1) is 7.25. The lowest BCUT2D eigenvalue weighted by molar-refractivity contribution is 0.208. The molecular weight excluding hydrogens is 186 g/mol. The Labute approximate surface area is 89.6 Å². The highest BCUT2D eigenvalue weighted by molar-refractivity contribution is 5.85. The maximum absolute atomic E-state index is 9.16. The highest BCUT2D eigenvalue weighted by atomic mass is 16.3. The molecule has 2 aromatic rings. The van der Waals surface area contributed by atoms with Crippen molar-refractivity contribution >= 4 is 16.5 Å².